The van der Waals surface area contributed by atoms with Crippen LogP contribution in [0.3, 0.4) is 0 Å². The zero-order valence-electron chi connectivity index (χ0n) is 11.3. The summed E-state index contributed by atoms with van der Waals surface area (Å²) in [5.41, 5.74) is 0. The van der Waals surface area contributed by atoms with Gasteiger partial charge in [0.2, 0.25) is 0 Å². The number of ether oxygens (including phenoxy) is 1. The number of nitrogens with one attached hydrogen (secondary N) is 1. The van der Waals surface area contributed by atoms with Gasteiger partial charge in [0.25, 0.3) is 0 Å². The lowest BCUT2D eigenvalue weighted by atomic mass is 9.98. The lowest BCUT2D eigenvalue weighted by Crippen LogP contribution is -2.43. The van der Waals surface area contributed by atoms with Crippen LogP contribution in [0, 0.1) is 11.8 Å². The Morgan fingerprint density at radius 2 is 2.19 bits per heavy atom. The van der Waals surface area contributed by atoms with Gasteiger partial charge in [-0.1, -0.05) is 13.8 Å². The maximum atomic E-state index is 5.46. The molecular weight excluding hydrogens is 200 g/mol. The molecule has 0 aromatic heterocycles. The first-order chi connectivity index (χ1) is 7.63. The normalized spacial score (nSPS) is 23.2. The first-order valence-electron chi connectivity index (χ1n) is 6.57. The number of hydrogen-bond acceptors (Lipinski definition) is 3. The van der Waals surface area contributed by atoms with Gasteiger partial charge in [-0.05, 0) is 39.4 Å². The SMILES string of the molecule is CNC(CN(C)CCC(C)C)C1CCOC1. The van der Waals surface area contributed by atoms with Crippen LogP contribution in [0.25, 0.3) is 0 Å². The van der Waals surface area contributed by atoms with Crippen molar-refractivity contribution < 1.29 is 4.74 Å². The van der Waals surface area contributed by atoms with Gasteiger partial charge in [-0.3, -0.25) is 0 Å². The monoisotopic (exact) mass is 228 g/mol. The number of hydrogen-bond donors (Lipinski definition) is 1. The molecule has 2 unspecified atom stereocenters. The zero-order valence-corrected chi connectivity index (χ0v) is 11.3. The van der Waals surface area contributed by atoms with E-state index in [1.165, 1.54) is 19.4 Å². The average Bonchev–Trinajstić information content (AvgIpc) is 2.76. The Hall–Kier alpha value is -0.120. The molecule has 16 heavy (non-hydrogen) atoms. The maximum absolute atomic E-state index is 5.46. The van der Waals surface area contributed by atoms with Gasteiger partial charge in [0, 0.05) is 25.1 Å². The van der Waals surface area contributed by atoms with E-state index in [0.717, 1.165) is 25.7 Å². The van der Waals surface area contributed by atoms with Crippen LogP contribution in [0.5, 0.6) is 0 Å². The molecule has 1 heterocycles. The summed E-state index contributed by atoms with van der Waals surface area (Å²) in [6.45, 7) is 8.78. The largest absolute Gasteiger partial charge is 0.381 e. The summed E-state index contributed by atoms with van der Waals surface area (Å²) in [6.07, 6.45) is 2.50. The van der Waals surface area contributed by atoms with Crippen LogP contribution < -0.4 is 5.32 Å². The van der Waals surface area contributed by atoms with Crippen molar-refractivity contribution in [3.8, 4) is 0 Å². The van der Waals surface area contributed by atoms with Crippen molar-refractivity contribution in [3.63, 3.8) is 0 Å². The quantitative estimate of drug-likeness (QED) is 0.716. The summed E-state index contributed by atoms with van der Waals surface area (Å²) < 4.78 is 5.46. The minimum Gasteiger partial charge on any atom is -0.381 e. The van der Waals surface area contributed by atoms with E-state index in [-0.39, 0.29) is 0 Å². The Morgan fingerprint density at radius 3 is 2.69 bits per heavy atom. The molecule has 0 bridgehead atoms. The maximum Gasteiger partial charge on any atom is 0.0510 e. The summed E-state index contributed by atoms with van der Waals surface area (Å²) in [7, 11) is 4.29. The fourth-order valence-electron chi connectivity index (χ4n) is 2.25. The van der Waals surface area contributed by atoms with Crippen LogP contribution in [-0.4, -0.2) is 51.3 Å². The van der Waals surface area contributed by atoms with E-state index in [4.69, 9.17) is 4.74 Å². The van der Waals surface area contributed by atoms with Crippen molar-refractivity contribution in [2.75, 3.05) is 40.4 Å². The molecule has 0 saturated carbocycles. The Bertz CT molecular complexity index is 179. The highest BCUT2D eigenvalue weighted by Gasteiger charge is 2.25. The minimum absolute atomic E-state index is 0.583. The predicted molar refractivity (Wildman–Crippen MR) is 68.7 cm³/mol. The van der Waals surface area contributed by atoms with Gasteiger partial charge in [0.15, 0.2) is 0 Å². The molecular formula is C13H28N2O. The summed E-state index contributed by atoms with van der Waals surface area (Å²) >= 11 is 0. The van der Waals surface area contributed by atoms with E-state index in [0.29, 0.717) is 12.0 Å². The fraction of sp³-hybridized carbons (Fsp3) is 1.00. The van der Waals surface area contributed by atoms with E-state index in [2.05, 4.69) is 38.2 Å². The van der Waals surface area contributed by atoms with E-state index in [1.54, 1.807) is 0 Å². The van der Waals surface area contributed by atoms with Gasteiger partial charge < -0.3 is 15.0 Å². The van der Waals surface area contributed by atoms with Crippen molar-refractivity contribution >= 4 is 0 Å². The fourth-order valence-corrected chi connectivity index (χ4v) is 2.25. The van der Waals surface area contributed by atoms with E-state index < -0.39 is 0 Å². The minimum atomic E-state index is 0.583. The Balaban J connectivity index is 2.25. The van der Waals surface area contributed by atoms with Gasteiger partial charge in [-0.25, -0.2) is 0 Å². The lowest BCUT2D eigenvalue weighted by molar-refractivity contribution is 0.167. The second kappa shape index (κ2) is 7.25. The summed E-state index contributed by atoms with van der Waals surface area (Å²) in [4.78, 5) is 2.44. The highest BCUT2D eigenvalue weighted by Crippen LogP contribution is 2.17. The van der Waals surface area contributed by atoms with E-state index in [9.17, 15) is 0 Å². The molecule has 0 aromatic carbocycles. The first kappa shape index (κ1) is 13.9. The van der Waals surface area contributed by atoms with Gasteiger partial charge in [0.1, 0.15) is 0 Å². The number of nitrogens with zero attached hydrogens (tertiary/aromatic N) is 1. The summed E-state index contributed by atoms with van der Waals surface area (Å²) in [5, 5.41) is 3.44. The molecule has 1 aliphatic rings. The smallest absolute Gasteiger partial charge is 0.0510 e. The van der Waals surface area contributed by atoms with Gasteiger partial charge in [-0.15, -0.1) is 0 Å². The van der Waals surface area contributed by atoms with Gasteiger partial charge in [-0.2, -0.15) is 0 Å². The lowest BCUT2D eigenvalue weighted by Gasteiger charge is -2.27. The topological polar surface area (TPSA) is 24.5 Å². The molecule has 96 valence electrons. The molecule has 3 heteroatoms. The average molecular weight is 228 g/mol. The van der Waals surface area contributed by atoms with Gasteiger partial charge >= 0.3 is 0 Å². The molecule has 0 spiro atoms. The molecule has 1 saturated heterocycles. The van der Waals surface area contributed by atoms with Crippen molar-refractivity contribution in [1.29, 1.82) is 0 Å². The highest BCUT2D eigenvalue weighted by atomic mass is 16.5. The molecule has 2 atom stereocenters. The van der Waals surface area contributed by atoms with Crippen LogP contribution >= 0.6 is 0 Å². The Kier molecular flexibility index (Phi) is 6.32. The molecule has 0 aliphatic carbocycles. The van der Waals surface area contributed by atoms with Crippen LogP contribution in [0.2, 0.25) is 0 Å². The molecule has 1 rings (SSSR count). The number of rotatable bonds is 7. The van der Waals surface area contributed by atoms with E-state index >= 15 is 0 Å². The predicted octanol–water partition coefficient (Wildman–Crippen LogP) is 1.59. The van der Waals surface area contributed by atoms with Crippen molar-refractivity contribution in [2.45, 2.75) is 32.7 Å². The standard InChI is InChI=1S/C13H28N2O/c1-11(2)5-7-15(4)9-13(14-3)12-6-8-16-10-12/h11-14H,5-10H2,1-4H3. The van der Waals surface area contributed by atoms with Crippen molar-refractivity contribution in [1.82, 2.24) is 10.2 Å². The van der Waals surface area contributed by atoms with E-state index in [1.807, 2.05) is 0 Å². The van der Waals surface area contributed by atoms with Crippen LogP contribution in [0.15, 0.2) is 0 Å². The van der Waals surface area contributed by atoms with Crippen LogP contribution in [-0.2, 0) is 4.74 Å². The molecule has 1 aliphatic heterocycles. The third-order valence-electron chi connectivity index (χ3n) is 3.50. The third-order valence-corrected chi connectivity index (χ3v) is 3.50. The highest BCUT2D eigenvalue weighted by molar-refractivity contribution is 4.80. The second-order valence-corrected chi connectivity index (χ2v) is 5.46. The Morgan fingerprint density at radius 1 is 1.44 bits per heavy atom. The molecule has 1 fully saturated rings. The molecule has 1 N–H and O–H groups in total. The third kappa shape index (κ3) is 4.81. The molecule has 0 radical (unpaired) electrons. The van der Waals surface area contributed by atoms with Crippen molar-refractivity contribution in [3.05, 3.63) is 0 Å². The Labute approximate surface area is 101 Å². The second-order valence-electron chi connectivity index (χ2n) is 5.46. The first-order valence-corrected chi connectivity index (χ1v) is 6.57. The van der Waals surface area contributed by atoms with Crippen molar-refractivity contribution in [2.24, 2.45) is 11.8 Å². The zero-order chi connectivity index (χ0) is 12.0. The van der Waals surface area contributed by atoms with Crippen LogP contribution in [0.4, 0.5) is 0 Å². The summed E-state index contributed by atoms with van der Waals surface area (Å²) in [6, 6.07) is 0.583. The molecule has 0 amide bonds. The summed E-state index contributed by atoms with van der Waals surface area (Å²) in [5.74, 6) is 1.50. The number of likely N-dealkylation sites (N-methyl/N-ethyl adjacent to an activating group) is 2. The van der Waals surface area contributed by atoms with Gasteiger partial charge in [0.05, 0.1) is 6.61 Å². The molecule has 3 nitrogen and oxygen atoms in total. The molecule has 0 aromatic rings. The van der Waals surface area contributed by atoms with Crippen LogP contribution in [0.1, 0.15) is 26.7 Å².